The van der Waals surface area contributed by atoms with Gasteiger partial charge in [0.1, 0.15) is 17.2 Å². The zero-order valence-corrected chi connectivity index (χ0v) is 16.3. The lowest BCUT2D eigenvalue weighted by Crippen LogP contribution is -2.36. The van der Waals surface area contributed by atoms with Gasteiger partial charge in [0.05, 0.1) is 18.2 Å². The number of carbonyl (C=O) groups is 2. The zero-order chi connectivity index (χ0) is 20.9. The van der Waals surface area contributed by atoms with Crippen molar-refractivity contribution in [1.29, 1.82) is 0 Å². The highest BCUT2D eigenvalue weighted by atomic mass is 19.1. The molecule has 2 aromatic carbocycles. The van der Waals surface area contributed by atoms with Crippen LogP contribution in [0.25, 0.3) is 0 Å². The molecule has 28 heavy (non-hydrogen) atoms. The highest BCUT2D eigenvalue weighted by Crippen LogP contribution is 2.20. The van der Waals surface area contributed by atoms with Gasteiger partial charge in [-0.2, -0.15) is 0 Å². The van der Waals surface area contributed by atoms with E-state index in [1.54, 1.807) is 32.9 Å². The summed E-state index contributed by atoms with van der Waals surface area (Å²) in [4.78, 5) is 25.3. The molecule has 0 saturated carbocycles. The standard InChI is InChI=1S/C21H24FNO5/c1-21(2,3)28-20(26)23(4)13-18(24)14-8-10-17(11-9-14)27-19(25)15-6-5-7-16(22)12-15/h5-12,18,24H,13H2,1-4H3. The molecular formula is C21H24FNO5. The van der Waals surface area contributed by atoms with Crippen molar-refractivity contribution in [3.63, 3.8) is 0 Å². The average Bonchev–Trinajstić information content (AvgIpc) is 2.60. The van der Waals surface area contributed by atoms with E-state index in [2.05, 4.69) is 0 Å². The largest absolute Gasteiger partial charge is 0.444 e. The molecule has 0 saturated heterocycles. The monoisotopic (exact) mass is 389 g/mol. The van der Waals surface area contributed by atoms with Crippen LogP contribution >= 0.6 is 0 Å². The highest BCUT2D eigenvalue weighted by Gasteiger charge is 2.22. The number of halogens is 1. The molecule has 7 heteroatoms. The first-order valence-electron chi connectivity index (χ1n) is 8.75. The Bertz CT molecular complexity index is 829. The number of nitrogens with zero attached hydrogens (tertiary/aromatic N) is 1. The minimum Gasteiger partial charge on any atom is -0.444 e. The number of hydrogen-bond acceptors (Lipinski definition) is 5. The maximum atomic E-state index is 13.2. The maximum absolute atomic E-state index is 13.2. The van der Waals surface area contributed by atoms with Crippen LogP contribution in [0, 0.1) is 5.82 Å². The smallest absolute Gasteiger partial charge is 0.410 e. The number of likely N-dealkylation sites (N-methyl/N-ethyl adjacent to an activating group) is 1. The first-order chi connectivity index (χ1) is 13.0. The summed E-state index contributed by atoms with van der Waals surface area (Å²) < 4.78 is 23.6. The molecule has 1 N–H and O–H groups in total. The van der Waals surface area contributed by atoms with E-state index < -0.39 is 29.6 Å². The Kier molecular flexibility index (Phi) is 6.75. The van der Waals surface area contributed by atoms with Crippen molar-refractivity contribution in [1.82, 2.24) is 4.90 Å². The van der Waals surface area contributed by atoms with Crippen LogP contribution in [0.3, 0.4) is 0 Å². The fourth-order valence-electron chi connectivity index (χ4n) is 2.32. The van der Waals surface area contributed by atoms with Crippen LogP contribution in [-0.4, -0.2) is 41.3 Å². The summed E-state index contributed by atoms with van der Waals surface area (Å²) in [5, 5.41) is 10.3. The van der Waals surface area contributed by atoms with Gasteiger partial charge >= 0.3 is 12.1 Å². The number of aliphatic hydroxyl groups is 1. The normalized spacial score (nSPS) is 12.2. The number of benzene rings is 2. The Hall–Kier alpha value is -2.93. The molecule has 0 aliphatic carbocycles. The topological polar surface area (TPSA) is 76.1 Å². The van der Waals surface area contributed by atoms with Crippen LogP contribution in [0.2, 0.25) is 0 Å². The summed E-state index contributed by atoms with van der Waals surface area (Å²) in [6.45, 7) is 5.33. The molecule has 0 radical (unpaired) electrons. The summed E-state index contributed by atoms with van der Waals surface area (Å²) >= 11 is 0. The van der Waals surface area contributed by atoms with Crippen molar-refractivity contribution in [3.05, 3.63) is 65.5 Å². The van der Waals surface area contributed by atoms with Gasteiger partial charge in [-0.1, -0.05) is 18.2 Å². The maximum Gasteiger partial charge on any atom is 0.410 e. The van der Waals surface area contributed by atoms with Gasteiger partial charge in [0, 0.05) is 7.05 Å². The second-order valence-corrected chi connectivity index (χ2v) is 7.35. The van der Waals surface area contributed by atoms with Crippen molar-refractivity contribution < 1.29 is 28.6 Å². The molecule has 6 nitrogen and oxygen atoms in total. The Morgan fingerprint density at radius 1 is 1.14 bits per heavy atom. The predicted octanol–water partition coefficient (Wildman–Crippen LogP) is 3.95. The molecule has 0 aliphatic heterocycles. The van der Waals surface area contributed by atoms with Crippen molar-refractivity contribution in [3.8, 4) is 5.75 Å². The molecule has 1 atom stereocenters. The van der Waals surface area contributed by atoms with Gasteiger partial charge in [-0.15, -0.1) is 0 Å². The number of carbonyl (C=O) groups excluding carboxylic acids is 2. The molecule has 2 aromatic rings. The van der Waals surface area contributed by atoms with Gasteiger partial charge in [0.15, 0.2) is 0 Å². The van der Waals surface area contributed by atoms with Gasteiger partial charge in [0.2, 0.25) is 0 Å². The van der Waals surface area contributed by atoms with E-state index >= 15 is 0 Å². The lowest BCUT2D eigenvalue weighted by molar-refractivity contribution is 0.0205. The third-order valence-electron chi connectivity index (χ3n) is 3.69. The summed E-state index contributed by atoms with van der Waals surface area (Å²) in [6.07, 6.45) is -1.47. The van der Waals surface area contributed by atoms with Gasteiger partial charge in [-0.05, 0) is 56.7 Å². The van der Waals surface area contributed by atoms with Crippen molar-refractivity contribution in [2.24, 2.45) is 0 Å². The summed E-state index contributed by atoms with van der Waals surface area (Å²) in [5.41, 5.74) is 0.0211. The minimum atomic E-state index is -0.939. The highest BCUT2D eigenvalue weighted by molar-refractivity contribution is 5.91. The Balaban J connectivity index is 1.96. The zero-order valence-electron chi connectivity index (χ0n) is 16.3. The first-order valence-corrected chi connectivity index (χ1v) is 8.75. The minimum absolute atomic E-state index is 0.0390. The van der Waals surface area contributed by atoms with E-state index in [4.69, 9.17) is 9.47 Å². The van der Waals surface area contributed by atoms with Crippen LogP contribution in [0.4, 0.5) is 9.18 Å². The number of rotatable bonds is 5. The first kappa shape index (κ1) is 21.4. The van der Waals surface area contributed by atoms with Gasteiger partial charge in [-0.25, -0.2) is 14.0 Å². The summed E-state index contributed by atoms with van der Waals surface area (Å²) in [5.74, 6) is -0.954. The van der Waals surface area contributed by atoms with E-state index in [1.165, 1.54) is 42.3 Å². The van der Waals surface area contributed by atoms with Crippen molar-refractivity contribution in [2.45, 2.75) is 32.5 Å². The van der Waals surface area contributed by atoms with E-state index in [0.29, 0.717) is 5.56 Å². The third-order valence-corrected chi connectivity index (χ3v) is 3.69. The molecule has 0 heterocycles. The molecule has 0 fully saturated rings. The lowest BCUT2D eigenvalue weighted by Gasteiger charge is -2.26. The van der Waals surface area contributed by atoms with Crippen molar-refractivity contribution >= 4 is 12.1 Å². The molecule has 0 aromatic heterocycles. The molecule has 1 unspecified atom stereocenters. The Morgan fingerprint density at radius 3 is 2.36 bits per heavy atom. The van der Waals surface area contributed by atoms with Gasteiger partial charge in [-0.3, -0.25) is 0 Å². The quantitative estimate of drug-likeness (QED) is 0.619. The van der Waals surface area contributed by atoms with Gasteiger partial charge in [0.25, 0.3) is 0 Å². The van der Waals surface area contributed by atoms with E-state index in [1.807, 2.05) is 0 Å². The Morgan fingerprint density at radius 2 is 1.79 bits per heavy atom. The molecule has 2 rings (SSSR count). The third kappa shape index (κ3) is 6.35. The van der Waals surface area contributed by atoms with Crippen LogP contribution in [-0.2, 0) is 4.74 Å². The molecule has 0 bridgehead atoms. The summed E-state index contributed by atoms with van der Waals surface area (Å²) in [7, 11) is 1.53. The predicted molar refractivity (Wildman–Crippen MR) is 102 cm³/mol. The van der Waals surface area contributed by atoms with Crippen LogP contribution < -0.4 is 4.74 Å². The molecule has 0 spiro atoms. The van der Waals surface area contributed by atoms with Gasteiger partial charge < -0.3 is 19.5 Å². The molecular weight excluding hydrogens is 365 g/mol. The second kappa shape index (κ2) is 8.84. The molecule has 1 amide bonds. The average molecular weight is 389 g/mol. The number of aliphatic hydroxyl groups excluding tert-OH is 1. The summed E-state index contributed by atoms with van der Waals surface area (Å²) in [6, 6.07) is 11.4. The van der Waals surface area contributed by atoms with E-state index in [-0.39, 0.29) is 17.9 Å². The fraction of sp³-hybridized carbons (Fsp3) is 0.333. The lowest BCUT2D eigenvalue weighted by atomic mass is 10.1. The fourth-order valence-corrected chi connectivity index (χ4v) is 2.32. The van der Waals surface area contributed by atoms with Crippen LogP contribution in [0.5, 0.6) is 5.75 Å². The van der Waals surface area contributed by atoms with E-state index in [0.717, 1.165) is 6.07 Å². The van der Waals surface area contributed by atoms with Crippen molar-refractivity contribution in [2.75, 3.05) is 13.6 Å². The number of hydrogen-bond donors (Lipinski definition) is 1. The second-order valence-electron chi connectivity index (χ2n) is 7.35. The van der Waals surface area contributed by atoms with E-state index in [9.17, 15) is 19.1 Å². The molecule has 0 aliphatic rings. The Labute approximate surface area is 163 Å². The number of amides is 1. The number of ether oxygens (including phenoxy) is 2. The van der Waals surface area contributed by atoms with Crippen LogP contribution in [0.1, 0.15) is 42.8 Å². The number of esters is 1. The van der Waals surface area contributed by atoms with Crippen LogP contribution in [0.15, 0.2) is 48.5 Å². The SMILES string of the molecule is CN(CC(O)c1ccc(OC(=O)c2cccc(F)c2)cc1)C(=O)OC(C)(C)C. The molecule has 150 valence electrons.